The van der Waals surface area contributed by atoms with Gasteiger partial charge < -0.3 is 0 Å². The first-order chi connectivity index (χ1) is 4.63. The van der Waals surface area contributed by atoms with E-state index in [0.717, 1.165) is 0 Å². The Morgan fingerprint density at radius 2 is 1.36 bits per heavy atom. The summed E-state index contributed by atoms with van der Waals surface area (Å²) in [5, 5.41) is 0. The predicted molar refractivity (Wildman–Crippen MR) is 32.3 cm³/mol. The van der Waals surface area contributed by atoms with Gasteiger partial charge in [-0.2, -0.15) is 26.3 Å². The fraction of sp³-hybridized carbons (Fsp3) is 0.667. The molecule has 0 aliphatic carbocycles. The highest BCUT2D eigenvalue weighted by Crippen LogP contribution is 2.37. The number of thiocarbonyl (C=S) groups is 1. The van der Waals surface area contributed by atoms with Crippen LogP contribution in [0.4, 0.5) is 26.3 Å². The Kier molecular flexibility index (Phi) is 3.18. The van der Waals surface area contributed by atoms with E-state index in [4.69, 9.17) is 0 Å². The molecule has 0 aromatic heterocycles. The molecule has 0 nitrogen and oxygen atoms in total. The van der Waals surface area contributed by atoms with E-state index in [1.54, 1.807) is 0 Å². The molecular formula is C3F6S2. The zero-order chi connectivity index (χ0) is 9.28. The van der Waals surface area contributed by atoms with E-state index in [1.807, 2.05) is 0 Å². The third kappa shape index (κ3) is 5.31. The van der Waals surface area contributed by atoms with Gasteiger partial charge in [0, 0.05) is 11.8 Å². The zero-order valence-corrected chi connectivity index (χ0v) is 6.22. The molecule has 0 unspecified atom stereocenters. The SMILES string of the molecule is FC(F)(F)SC(=S)C(F)(F)F. The van der Waals surface area contributed by atoms with E-state index in [1.165, 1.54) is 0 Å². The van der Waals surface area contributed by atoms with Crippen LogP contribution in [0.1, 0.15) is 0 Å². The average Bonchev–Trinajstić information content (AvgIpc) is 1.56. The number of rotatable bonds is 0. The largest absolute Gasteiger partial charge is 0.447 e. The van der Waals surface area contributed by atoms with Gasteiger partial charge in [0.15, 0.2) is 4.20 Å². The Morgan fingerprint density at radius 1 is 1.00 bits per heavy atom. The average molecular weight is 214 g/mol. The molecule has 0 atom stereocenters. The van der Waals surface area contributed by atoms with Crippen LogP contribution in [0.5, 0.6) is 0 Å². The van der Waals surface area contributed by atoms with E-state index in [2.05, 4.69) is 12.2 Å². The van der Waals surface area contributed by atoms with E-state index in [9.17, 15) is 26.3 Å². The lowest BCUT2D eigenvalue weighted by molar-refractivity contribution is -0.0564. The summed E-state index contributed by atoms with van der Waals surface area (Å²) in [4.78, 5) is 0. The molecule has 0 saturated carbocycles. The van der Waals surface area contributed by atoms with Crippen LogP contribution in [0.15, 0.2) is 0 Å². The molecule has 0 heterocycles. The van der Waals surface area contributed by atoms with Gasteiger partial charge in [-0.25, -0.2) is 0 Å². The van der Waals surface area contributed by atoms with Gasteiger partial charge in [-0.05, 0) is 0 Å². The summed E-state index contributed by atoms with van der Waals surface area (Å²) in [6, 6.07) is 0. The molecule has 0 bridgehead atoms. The first-order valence-corrected chi connectivity index (χ1v) is 3.22. The number of halogens is 6. The fourth-order valence-electron chi connectivity index (χ4n) is 0.163. The highest BCUT2D eigenvalue weighted by atomic mass is 32.2. The van der Waals surface area contributed by atoms with Gasteiger partial charge in [-0.3, -0.25) is 0 Å². The molecule has 0 aromatic carbocycles. The zero-order valence-electron chi connectivity index (χ0n) is 4.58. The van der Waals surface area contributed by atoms with Crippen LogP contribution in [-0.4, -0.2) is 15.9 Å². The van der Waals surface area contributed by atoms with Gasteiger partial charge in [0.25, 0.3) is 0 Å². The van der Waals surface area contributed by atoms with Crippen LogP contribution in [-0.2, 0) is 0 Å². The molecule has 0 aliphatic heterocycles. The van der Waals surface area contributed by atoms with Crippen molar-refractivity contribution in [3.05, 3.63) is 0 Å². The van der Waals surface area contributed by atoms with Gasteiger partial charge >= 0.3 is 11.7 Å². The first kappa shape index (κ1) is 11.0. The van der Waals surface area contributed by atoms with Crippen molar-refractivity contribution < 1.29 is 26.3 Å². The second kappa shape index (κ2) is 3.18. The van der Waals surface area contributed by atoms with E-state index < -0.39 is 27.6 Å². The van der Waals surface area contributed by atoms with Gasteiger partial charge in [0.1, 0.15) is 0 Å². The Bertz CT molecular complexity index is 154. The molecule has 0 fully saturated rings. The molecule has 0 spiro atoms. The Morgan fingerprint density at radius 3 is 1.45 bits per heavy atom. The molecule has 0 aromatic rings. The molecular weight excluding hydrogens is 214 g/mol. The van der Waals surface area contributed by atoms with Crippen molar-refractivity contribution in [2.24, 2.45) is 0 Å². The van der Waals surface area contributed by atoms with Crippen LogP contribution in [0.25, 0.3) is 0 Å². The minimum atomic E-state index is -5.06. The topological polar surface area (TPSA) is 0 Å². The molecule has 0 amide bonds. The Labute approximate surface area is 66.9 Å². The number of thioether (sulfide) groups is 1. The lowest BCUT2D eigenvalue weighted by Crippen LogP contribution is -2.21. The van der Waals surface area contributed by atoms with Crippen molar-refractivity contribution in [3.8, 4) is 0 Å². The summed E-state index contributed by atoms with van der Waals surface area (Å²) >= 11 is 2.13. The lowest BCUT2D eigenvalue weighted by atomic mass is 10.8. The van der Waals surface area contributed by atoms with Crippen LogP contribution in [0.3, 0.4) is 0 Å². The Hall–Kier alpha value is 0.0200. The van der Waals surface area contributed by atoms with E-state index in [0.29, 0.717) is 0 Å². The summed E-state index contributed by atoms with van der Waals surface area (Å²) in [6.45, 7) is 0. The van der Waals surface area contributed by atoms with Crippen molar-refractivity contribution in [2.75, 3.05) is 0 Å². The quantitative estimate of drug-likeness (QED) is 0.448. The second-order valence-corrected chi connectivity index (χ2v) is 3.07. The highest BCUT2D eigenvalue weighted by molar-refractivity contribution is 8.23. The fourth-order valence-corrected chi connectivity index (χ4v) is 0.772. The molecule has 0 N–H and O–H groups in total. The Balaban J connectivity index is 4.11. The normalized spacial score (nSPS) is 13.3. The number of hydrogen-bond acceptors (Lipinski definition) is 2. The standard InChI is InChI=1S/C3F6S2/c4-2(5,6)1(10)11-3(7,8)9. The maximum absolute atomic E-state index is 11.3. The van der Waals surface area contributed by atoms with Gasteiger partial charge in [-0.1, -0.05) is 12.2 Å². The van der Waals surface area contributed by atoms with Crippen LogP contribution < -0.4 is 0 Å². The van der Waals surface area contributed by atoms with Crippen LogP contribution >= 0.6 is 24.0 Å². The lowest BCUT2D eigenvalue weighted by Gasteiger charge is -2.08. The van der Waals surface area contributed by atoms with Crippen molar-refractivity contribution in [3.63, 3.8) is 0 Å². The smallest absolute Gasteiger partial charge is 0.165 e. The monoisotopic (exact) mass is 214 g/mol. The van der Waals surface area contributed by atoms with Gasteiger partial charge in [0.2, 0.25) is 0 Å². The number of alkyl halides is 6. The highest BCUT2D eigenvalue weighted by Gasteiger charge is 2.42. The molecule has 0 aliphatic rings. The molecule has 0 rings (SSSR count). The van der Waals surface area contributed by atoms with Crippen molar-refractivity contribution in [1.82, 2.24) is 0 Å². The van der Waals surface area contributed by atoms with Gasteiger partial charge in [0.05, 0.1) is 0 Å². The predicted octanol–water partition coefficient (Wildman–Crippen LogP) is 3.13. The molecule has 8 heteroatoms. The van der Waals surface area contributed by atoms with E-state index in [-0.39, 0.29) is 0 Å². The van der Waals surface area contributed by atoms with Crippen molar-refractivity contribution in [2.45, 2.75) is 11.7 Å². The van der Waals surface area contributed by atoms with Crippen molar-refractivity contribution in [1.29, 1.82) is 0 Å². The molecule has 0 radical (unpaired) electrons. The minimum absolute atomic E-state index is 1.33. The van der Waals surface area contributed by atoms with Gasteiger partial charge in [-0.15, -0.1) is 0 Å². The molecule has 0 saturated heterocycles. The van der Waals surface area contributed by atoms with Crippen molar-refractivity contribution >= 4 is 28.2 Å². The first-order valence-electron chi connectivity index (χ1n) is 2.00. The number of hydrogen-bond donors (Lipinski definition) is 0. The molecule has 11 heavy (non-hydrogen) atoms. The summed E-state index contributed by atoms with van der Waals surface area (Å²) < 4.78 is 65.6. The third-order valence-corrected chi connectivity index (χ3v) is 1.57. The summed E-state index contributed by atoms with van der Waals surface area (Å²) in [6.07, 6.45) is -5.06. The van der Waals surface area contributed by atoms with Crippen LogP contribution in [0, 0.1) is 0 Å². The summed E-state index contributed by atoms with van der Waals surface area (Å²) in [5.74, 6) is 0. The van der Waals surface area contributed by atoms with Crippen LogP contribution in [0.2, 0.25) is 0 Å². The minimum Gasteiger partial charge on any atom is -0.165 e. The second-order valence-electron chi connectivity index (χ2n) is 1.33. The summed E-state index contributed by atoms with van der Waals surface area (Å²) in [5.41, 5.74) is -4.97. The maximum atomic E-state index is 11.3. The molecule has 66 valence electrons. The third-order valence-electron chi connectivity index (χ3n) is 0.440. The summed E-state index contributed by atoms with van der Waals surface area (Å²) in [7, 11) is 0. The maximum Gasteiger partial charge on any atom is 0.447 e. The van der Waals surface area contributed by atoms with E-state index >= 15 is 0 Å².